The van der Waals surface area contributed by atoms with Crippen LogP contribution in [0.3, 0.4) is 0 Å². The summed E-state index contributed by atoms with van der Waals surface area (Å²) in [4.78, 5) is 12.9. The zero-order valence-corrected chi connectivity index (χ0v) is 58.9. The van der Waals surface area contributed by atoms with Gasteiger partial charge in [0.25, 0.3) is 0 Å². The maximum atomic E-state index is 13.6. The molecule has 490 valence electrons. The molecule has 12 bridgehead atoms. The van der Waals surface area contributed by atoms with Crippen LogP contribution in [0.1, 0.15) is 119 Å². The normalized spacial score (nSPS) is 49.6. The van der Waals surface area contributed by atoms with Gasteiger partial charge in [-0.1, -0.05) is 88.6 Å². The maximum absolute atomic E-state index is 13.6. The van der Waals surface area contributed by atoms with E-state index in [0.29, 0.717) is 12.2 Å². The van der Waals surface area contributed by atoms with Crippen molar-refractivity contribution in [2.24, 2.45) is 66.5 Å². The SMILES string of the molecule is CC1=C(OS(=O)(=O)c2ccc(C)cc2)C2(C)C3(C)COC2(O)C(O[Si](C)(C)C)C12C3=CC[C@@H]2C.CC1=C(OS(=O)(=O)c2ccc(C)cc2)C2(C)C3(O)OCC2(C)C24OC2C[C@H](C)C14C3O[Si](C)(C)C.C[C@H]1CCC2(O)C13CC(=O)C1(C)C(O)(OCC21C)C3O. The van der Waals surface area contributed by atoms with Crippen LogP contribution in [-0.4, -0.2) is 138 Å². The molecule has 89 heavy (non-hydrogen) atoms. The van der Waals surface area contributed by atoms with Crippen LogP contribution in [0, 0.1) is 80.3 Å². The van der Waals surface area contributed by atoms with Crippen LogP contribution in [-0.2, 0) is 61.2 Å². The number of carbonyl (C=O) groups excluding carboxylic acids is 1. The third-order valence-electron chi connectivity index (χ3n) is 26.9. The van der Waals surface area contributed by atoms with Crippen molar-refractivity contribution in [1.82, 2.24) is 0 Å². The molecule has 2 aromatic carbocycles. The smallest absolute Gasteiger partial charge is 0.338 e. The van der Waals surface area contributed by atoms with Gasteiger partial charge in [0, 0.05) is 33.5 Å². The summed E-state index contributed by atoms with van der Waals surface area (Å²) in [5.41, 5.74) is -5.17. The van der Waals surface area contributed by atoms with Crippen molar-refractivity contribution in [3.05, 3.63) is 94.0 Å². The second-order valence-corrected chi connectivity index (χ2v) is 44.5. The van der Waals surface area contributed by atoms with E-state index in [1.54, 1.807) is 55.5 Å². The highest BCUT2D eigenvalue weighted by Crippen LogP contribution is 2.89. The number of allylic oxidation sites excluding steroid dienone is 1. The fourth-order valence-corrected chi connectivity index (χ4v) is 26.1. The van der Waals surface area contributed by atoms with E-state index >= 15 is 0 Å². The van der Waals surface area contributed by atoms with Crippen molar-refractivity contribution in [1.29, 1.82) is 0 Å². The van der Waals surface area contributed by atoms with Crippen LogP contribution in [0.2, 0.25) is 39.3 Å². The number of carbonyl (C=O) groups is 1. The first-order valence-electron chi connectivity index (χ1n) is 31.9. The molecule has 4 aliphatic heterocycles. The van der Waals surface area contributed by atoms with Gasteiger partial charge in [0.15, 0.2) is 16.6 Å². The Balaban J connectivity index is 0.000000127. The highest BCUT2D eigenvalue weighted by atomic mass is 32.2. The monoisotopic (exact) mass is 1310 g/mol. The van der Waals surface area contributed by atoms with E-state index in [9.17, 15) is 47.2 Å². The van der Waals surface area contributed by atoms with Crippen molar-refractivity contribution < 1.29 is 83.3 Å². The Kier molecular flexibility index (Phi) is 13.2. The lowest BCUT2D eigenvalue weighted by atomic mass is 9.35. The number of fused-ring (bicyclic) bond motifs is 1. The average molecular weight is 1310 g/mol. The minimum Gasteiger partial charge on any atom is -0.408 e. The van der Waals surface area contributed by atoms with Crippen LogP contribution < -0.4 is 0 Å². The number of epoxide rings is 1. The molecule has 18 nitrogen and oxygen atoms in total. The van der Waals surface area contributed by atoms with Gasteiger partial charge in [0.1, 0.15) is 51.0 Å². The number of hydrogen-bond donors (Lipinski definition) is 5. The molecule has 11 fully saturated rings. The summed E-state index contributed by atoms with van der Waals surface area (Å²) in [6.45, 7) is 38.6. The summed E-state index contributed by atoms with van der Waals surface area (Å²) in [5, 5.41) is 58.1. The Morgan fingerprint density at radius 1 is 0.596 bits per heavy atom. The molecule has 16 aliphatic rings. The standard InChI is InChI=1S/C26H36O7SSi.C26H36O6SSi.C15H22O5/c1-15-9-11-18(12-10-15)34(28,29)32-20-17(3)24-16(2)13-19-25(24,31-19)22(4)14-30-26(27,23(20,22)5)21(24)33-35(6,7)8;1-16-9-12-19(13-10-16)33(28,29)31-21-18(3)25-17(2)11-14-20(25)23(4)15-30-26(27,24(21,23)5)22(25)32-34(6,7)8;1-8-4-5-14(18)11(2)7-20-15(19)10(17)13(8,14)6-9(16)12(11,15)3/h9-12,16,19,21,27H,13-14H2,1-8H3;9-10,12-14,17,22,27H,11,15H2,1-8H3;8,10,17-19H,4-7H2,1-3H3/t16-,19?,21?,22?,23?,24?,25?,26?;17-,22?,23?,24?,25?,26?;8-,10?,11?,12?,13?,14?,15?/m000/s1. The number of rotatable bonds is 10. The average Bonchev–Trinajstić information content (AvgIpc) is 1.43. The maximum Gasteiger partial charge on any atom is 0.338 e. The van der Waals surface area contributed by atoms with E-state index in [1.807, 2.05) is 55.4 Å². The first-order chi connectivity index (χ1) is 40.7. The summed E-state index contributed by atoms with van der Waals surface area (Å²) in [5.74, 6) is -4.69. The Labute approximate surface area is 527 Å². The largest absolute Gasteiger partial charge is 0.408 e. The molecule has 2 aromatic rings. The molecule has 21 atom stereocenters. The molecule has 12 aliphatic carbocycles. The highest BCUT2D eigenvalue weighted by molar-refractivity contribution is 7.87. The van der Waals surface area contributed by atoms with Crippen molar-refractivity contribution in [3.8, 4) is 0 Å². The minimum absolute atomic E-state index is 0.0195. The van der Waals surface area contributed by atoms with Gasteiger partial charge in [-0.25, -0.2) is 0 Å². The summed E-state index contributed by atoms with van der Waals surface area (Å²) >= 11 is 0. The van der Waals surface area contributed by atoms with Crippen molar-refractivity contribution in [2.75, 3.05) is 19.8 Å². The third-order valence-corrected chi connectivity index (χ3v) is 31.2. The molecule has 0 amide bonds. The van der Waals surface area contributed by atoms with Gasteiger partial charge < -0.3 is 61.7 Å². The summed E-state index contributed by atoms with van der Waals surface area (Å²) in [6, 6.07) is 13.2. The zero-order valence-electron chi connectivity index (χ0n) is 55.3. The summed E-state index contributed by atoms with van der Waals surface area (Å²) in [7, 11) is -12.6. The molecule has 7 saturated carbocycles. The topological polar surface area (TPSA) is 264 Å². The number of aryl methyl sites for hydroxylation is 2. The number of benzene rings is 2. The van der Waals surface area contributed by atoms with Gasteiger partial charge in [-0.3, -0.25) is 4.79 Å². The van der Waals surface area contributed by atoms with Crippen LogP contribution in [0.4, 0.5) is 0 Å². The van der Waals surface area contributed by atoms with Crippen LogP contribution in [0.15, 0.2) is 92.6 Å². The van der Waals surface area contributed by atoms with Gasteiger partial charge in [-0.15, -0.1) is 0 Å². The number of Topliss-reactive ketones (excluding diaryl/α,β-unsaturated/α-hetero) is 1. The molecule has 0 aromatic heterocycles. The number of aliphatic hydroxyl groups excluding tert-OH is 1. The lowest BCUT2D eigenvalue weighted by Crippen LogP contribution is -2.83. The van der Waals surface area contributed by atoms with E-state index in [4.69, 9.17) is 36.2 Å². The van der Waals surface area contributed by atoms with Gasteiger partial charge in [-0.05, 0) is 167 Å². The molecule has 0 radical (unpaired) electrons. The van der Waals surface area contributed by atoms with Crippen LogP contribution >= 0.6 is 0 Å². The molecule has 22 heteroatoms. The number of ketones is 1. The quantitative estimate of drug-likeness (QED) is 0.0642. The van der Waals surface area contributed by atoms with Gasteiger partial charge in [0.05, 0.1) is 53.2 Å². The molecular formula is C67H94O18S2Si2. The summed E-state index contributed by atoms with van der Waals surface area (Å²) in [6.07, 6.45) is 2.83. The molecule has 5 N–H and O–H groups in total. The number of aliphatic hydroxyl groups is 5. The molecular weight excluding hydrogens is 1210 g/mol. The van der Waals surface area contributed by atoms with Gasteiger partial charge >= 0.3 is 20.2 Å². The second-order valence-electron chi connectivity index (χ2n) is 32.5. The van der Waals surface area contributed by atoms with Crippen molar-refractivity contribution in [2.45, 2.75) is 224 Å². The zero-order chi connectivity index (χ0) is 65.5. The number of hydrogen-bond acceptors (Lipinski definition) is 18. The Morgan fingerprint density at radius 3 is 1.62 bits per heavy atom. The van der Waals surface area contributed by atoms with Crippen LogP contribution in [0.25, 0.3) is 0 Å². The van der Waals surface area contributed by atoms with Crippen molar-refractivity contribution >= 4 is 42.7 Å². The Hall–Kier alpha value is -3.18. The lowest BCUT2D eigenvalue weighted by molar-refractivity contribution is -0.368. The highest BCUT2D eigenvalue weighted by Gasteiger charge is 2.99. The predicted molar refractivity (Wildman–Crippen MR) is 332 cm³/mol. The van der Waals surface area contributed by atoms with E-state index < -0.39 is 132 Å². The number of ether oxygens (including phenoxy) is 4. The van der Waals surface area contributed by atoms with Gasteiger partial charge in [0.2, 0.25) is 17.4 Å². The second kappa shape index (κ2) is 18.2. The lowest BCUT2D eigenvalue weighted by Gasteiger charge is -2.69. The first-order valence-corrected chi connectivity index (χ1v) is 41.6. The van der Waals surface area contributed by atoms with Crippen molar-refractivity contribution in [3.63, 3.8) is 0 Å². The van der Waals surface area contributed by atoms with Crippen LogP contribution in [0.5, 0.6) is 0 Å². The summed E-state index contributed by atoms with van der Waals surface area (Å²) < 4.78 is 104. The van der Waals surface area contributed by atoms with E-state index in [-0.39, 0.29) is 71.4 Å². The first kappa shape index (κ1) is 64.5. The predicted octanol–water partition coefficient (Wildman–Crippen LogP) is 9.23. The molecule has 18 rings (SSSR count). The third kappa shape index (κ3) is 6.79. The van der Waals surface area contributed by atoms with E-state index in [0.717, 1.165) is 41.5 Å². The molecule has 4 spiro atoms. The molecule has 4 saturated heterocycles. The van der Waals surface area contributed by atoms with E-state index in [1.165, 1.54) is 5.57 Å². The fourth-order valence-electron chi connectivity index (χ4n) is 21.8. The minimum atomic E-state index is -4.15. The Morgan fingerprint density at radius 2 is 1.08 bits per heavy atom. The molecule has 18 unspecified atom stereocenters. The fraction of sp³-hybridized carbons (Fsp3) is 0.716. The Bertz CT molecular complexity index is 3770. The molecule has 4 heterocycles. The van der Waals surface area contributed by atoms with Gasteiger partial charge in [-0.2, -0.15) is 16.8 Å². The van der Waals surface area contributed by atoms with E-state index in [2.05, 4.69) is 73.1 Å².